The quantitative estimate of drug-likeness (QED) is 0.346. The molecular formula is C20H13F3N6O4. The van der Waals surface area contributed by atoms with Crippen molar-refractivity contribution in [3.8, 4) is 17.1 Å². The fourth-order valence-corrected chi connectivity index (χ4v) is 3.00. The zero-order valence-corrected chi connectivity index (χ0v) is 16.7. The Bertz CT molecular complexity index is 1330. The molecule has 2 aromatic carbocycles. The number of hydrogen-bond acceptors (Lipinski definition) is 7. The average Bonchev–Trinajstić information content (AvgIpc) is 3.40. The Hall–Kier alpha value is -4.55. The van der Waals surface area contributed by atoms with Gasteiger partial charge in [0.15, 0.2) is 11.5 Å². The second-order valence-electron chi connectivity index (χ2n) is 6.77. The Kier molecular flexibility index (Phi) is 5.37. The molecule has 1 amide bonds. The molecule has 13 heteroatoms. The third-order valence-electron chi connectivity index (χ3n) is 4.51. The summed E-state index contributed by atoms with van der Waals surface area (Å²) in [5.41, 5.74) is -1.05. The molecule has 0 saturated heterocycles. The number of nitro benzene ring substituents is 1. The van der Waals surface area contributed by atoms with Gasteiger partial charge >= 0.3 is 6.18 Å². The van der Waals surface area contributed by atoms with E-state index in [2.05, 4.69) is 20.6 Å². The maximum atomic E-state index is 13.8. The summed E-state index contributed by atoms with van der Waals surface area (Å²) in [5.74, 6) is -0.668. The second kappa shape index (κ2) is 8.18. The minimum atomic E-state index is -4.77. The molecule has 0 aliphatic heterocycles. The lowest BCUT2D eigenvalue weighted by Gasteiger charge is -2.12. The van der Waals surface area contributed by atoms with Gasteiger partial charge in [0, 0.05) is 23.4 Å². The summed E-state index contributed by atoms with van der Waals surface area (Å²) < 4.78 is 46.9. The second-order valence-corrected chi connectivity index (χ2v) is 6.77. The van der Waals surface area contributed by atoms with Gasteiger partial charge in [-0.15, -0.1) is 0 Å². The number of amides is 1. The Morgan fingerprint density at radius 2 is 1.79 bits per heavy atom. The van der Waals surface area contributed by atoms with Gasteiger partial charge in [0.2, 0.25) is 0 Å². The van der Waals surface area contributed by atoms with E-state index in [4.69, 9.17) is 4.52 Å². The van der Waals surface area contributed by atoms with Gasteiger partial charge in [-0.2, -0.15) is 23.3 Å². The van der Waals surface area contributed by atoms with Gasteiger partial charge in [0.1, 0.15) is 0 Å². The van der Waals surface area contributed by atoms with Crippen molar-refractivity contribution in [2.75, 3.05) is 5.32 Å². The van der Waals surface area contributed by atoms with E-state index in [0.29, 0.717) is 10.4 Å². The summed E-state index contributed by atoms with van der Waals surface area (Å²) in [7, 11) is 0. The van der Waals surface area contributed by atoms with Crippen LogP contribution in [-0.2, 0) is 6.18 Å². The van der Waals surface area contributed by atoms with Crippen molar-refractivity contribution in [3.05, 3.63) is 81.9 Å². The lowest BCUT2D eigenvalue weighted by molar-refractivity contribution is -0.384. The van der Waals surface area contributed by atoms with Crippen LogP contribution in [-0.4, -0.2) is 30.8 Å². The first kappa shape index (κ1) is 21.7. The molecule has 0 aliphatic carbocycles. The molecule has 0 radical (unpaired) electrons. The maximum Gasteiger partial charge on any atom is 0.434 e. The number of benzene rings is 2. The van der Waals surface area contributed by atoms with Crippen LogP contribution in [0, 0.1) is 17.0 Å². The molecule has 0 atom stereocenters. The van der Waals surface area contributed by atoms with Crippen molar-refractivity contribution < 1.29 is 27.4 Å². The molecule has 4 rings (SSSR count). The van der Waals surface area contributed by atoms with Gasteiger partial charge in [0.25, 0.3) is 17.5 Å². The predicted molar refractivity (Wildman–Crippen MR) is 108 cm³/mol. The summed E-state index contributed by atoms with van der Waals surface area (Å²) in [6.07, 6.45) is -3.78. The van der Waals surface area contributed by atoms with Crippen molar-refractivity contribution >= 4 is 17.3 Å². The van der Waals surface area contributed by atoms with Crippen LogP contribution >= 0.6 is 0 Å². The number of anilines is 1. The topological polar surface area (TPSA) is 129 Å². The summed E-state index contributed by atoms with van der Waals surface area (Å²) in [6, 6.07) is 10.5. The first-order valence-electron chi connectivity index (χ1n) is 9.25. The van der Waals surface area contributed by atoms with Crippen LogP contribution < -0.4 is 5.32 Å². The molecule has 0 spiro atoms. The Balaban J connectivity index is 1.59. The molecule has 0 fully saturated rings. The molecule has 10 nitrogen and oxygen atoms in total. The third kappa shape index (κ3) is 4.42. The summed E-state index contributed by atoms with van der Waals surface area (Å²) in [4.78, 5) is 26.3. The number of rotatable bonds is 5. The summed E-state index contributed by atoms with van der Waals surface area (Å²) >= 11 is 0. The number of carbonyl (C=O) groups excluding carboxylic acids is 1. The molecule has 0 aliphatic rings. The zero-order valence-electron chi connectivity index (χ0n) is 16.7. The van der Waals surface area contributed by atoms with Crippen molar-refractivity contribution in [1.29, 1.82) is 0 Å². The molecule has 2 heterocycles. The fraction of sp³-hybridized carbons (Fsp3) is 0.100. The Morgan fingerprint density at radius 1 is 1.12 bits per heavy atom. The van der Waals surface area contributed by atoms with Crippen LogP contribution in [0.3, 0.4) is 0 Å². The number of non-ortho nitro benzene ring substituents is 1. The molecule has 0 saturated carbocycles. The number of nitrogens with zero attached hydrogens (tertiary/aromatic N) is 5. The number of nitrogens with one attached hydrogen (secondary N) is 1. The number of halogens is 3. The molecule has 168 valence electrons. The first-order chi connectivity index (χ1) is 15.6. The van der Waals surface area contributed by atoms with E-state index in [0.717, 1.165) is 6.20 Å². The number of aromatic nitrogens is 4. The van der Waals surface area contributed by atoms with Crippen molar-refractivity contribution in [2.45, 2.75) is 13.1 Å². The molecular weight excluding hydrogens is 445 g/mol. The number of hydrogen-bond donors (Lipinski definition) is 1. The van der Waals surface area contributed by atoms with Crippen molar-refractivity contribution in [3.63, 3.8) is 0 Å². The number of carbonyl (C=O) groups is 1. The van der Waals surface area contributed by atoms with Crippen LogP contribution in [0.5, 0.6) is 0 Å². The van der Waals surface area contributed by atoms with E-state index in [1.807, 2.05) is 0 Å². The zero-order chi connectivity index (χ0) is 23.8. The van der Waals surface area contributed by atoms with Crippen LogP contribution in [0.4, 0.5) is 24.5 Å². The van der Waals surface area contributed by atoms with Gasteiger partial charge in [0.05, 0.1) is 22.4 Å². The van der Waals surface area contributed by atoms with Crippen LogP contribution in [0.1, 0.15) is 21.9 Å². The Labute approximate surface area is 182 Å². The molecule has 1 N–H and O–H groups in total. The molecule has 33 heavy (non-hydrogen) atoms. The van der Waals surface area contributed by atoms with Crippen molar-refractivity contribution in [1.82, 2.24) is 19.9 Å². The smallest absolute Gasteiger partial charge is 0.334 e. The van der Waals surface area contributed by atoms with E-state index >= 15 is 0 Å². The van der Waals surface area contributed by atoms with Gasteiger partial charge in [-0.3, -0.25) is 14.9 Å². The molecule has 2 aromatic heterocycles. The van der Waals surface area contributed by atoms with E-state index in [9.17, 15) is 28.1 Å². The lowest BCUT2D eigenvalue weighted by Crippen LogP contribution is -2.15. The number of alkyl halides is 3. The minimum Gasteiger partial charge on any atom is -0.334 e. The number of aryl methyl sites for hydroxylation is 1. The maximum absolute atomic E-state index is 13.8. The average molecular weight is 458 g/mol. The van der Waals surface area contributed by atoms with Crippen LogP contribution in [0.2, 0.25) is 0 Å². The Morgan fingerprint density at radius 3 is 2.33 bits per heavy atom. The van der Waals surface area contributed by atoms with Crippen LogP contribution in [0.15, 0.2) is 59.3 Å². The highest BCUT2D eigenvalue weighted by atomic mass is 19.4. The standard InChI is InChI=1S/C20H13F3N6O4/c1-11-25-19(33-27-11)16-10-24-28(17(16)20(21,22)23)14-8-4-13(5-9-14)26-18(30)12-2-6-15(7-3-12)29(31)32/h2-10H,1H3,(H,26,30). The number of nitro groups is 1. The largest absolute Gasteiger partial charge is 0.434 e. The van der Waals surface area contributed by atoms with Gasteiger partial charge < -0.3 is 9.84 Å². The summed E-state index contributed by atoms with van der Waals surface area (Å²) in [5, 5.41) is 20.6. The SMILES string of the molecule is Cc1noc(-c2cnn(-c3ccc(NC(=O)c4ccc([N+](=O)[O-])cc4)cc3)c2C(F)(F)F)n1. The van der Waals surface area contributed by atoms with E-state index in [-0.39, 0.29) is 34.2 Å². The molecule has 0 unspecified atom stereocenters. The predicted octanol–water partition coefficient (Wildman–Crippen LogP) is 4.41. The van der Waals surface area contributed by atoms with Crippen LogP contribution in [0.25, 0.3) is 17.1 Å². The molecule has 4 aromatic rings. The van der Waals surface area contributed by atoms with Crippen molar-refractivity contribution in [2.24, 2.45) is 0 Å². The monoisotopic (exact) mass is 458 g/mol. The fourth-order valence-electron chi connectivity index (χ4n) is 3.00. The van der Waals surface area contributed by atoms with E-state index in [1.165, 1.54) is 55.5 Å². The van der Waals surface area contributed by atoms with Gasteiger partial charge in [-0.25, -0.2) is 4.68 Å². The third-order valence-corrected chi connectivity index (χ3v) is 4.51. The highest BCUT2D eigenvalue weighted by molar-refractivity contribution is 6.04. The lowest BCUT2D eigenvalue weighted by atomic mass is 10.2. The van der Waals surface area contributed by atoms with Gasteiger partial charge in [-0.05, 0) is 43.3 Å². The highest BCUT2D eigenvalue weighted by Gasteiger charge is 2.40. The van der Waals surface area contributed by atoms with Gasteiger partial charge in [-0.1, -0.05) is 5.16 Å². The minimum absolute atomic E-state index is 0.0816. The summed E-state index contributed by atoms with van der Waals surface area (Å²) in [6.45, 7) is 1.48. The highest BCUT2D eigenvalue weighted by Crippen LogP contribution is 2.38. The first-order valence-corrected chi connectivity index (χ1v) is 9.25. The normalized spacial score (nSPS) is 11.4. The molecule has 0 bridgehead atoms. The van der Waals surface area contributed by atoms with E-state index in [1.54, 1.807) is 0 Å². The van der Waals surface area contributed by atoms with E-state index < -0.39 is 22.7 Å².